The Kier molecular flexibility index (Phi) is 7.12. The Balaban J connectivity index is 1.76. The average Bonchev–Trinajstić information content (AvgIpc) is 2.77. The second-order valence-corrected chi connectivity index (χ2v) is 9.73. The molecule has 0 atom stereocenters. The van der Waals surface area contributed by atoms with Gasteiger partial charge in [-0.1, -0.05) is 48.5 Å². The van der Waals surface area contributed by atoms with Crippen molar-refractivity contribution in [1.82, 2.24) is 9.62 Å². The van der Waals surface area contributed by atoms with Crippen molar-refractivity contribution in [3.63, 3.8) is 0 Å². The predicted octanol–water partition coefficient (Wildman–Crippen LogP) is 2.16. The van der Waals surface area contributed by atoms with E-state index < -0.39 is 10.2 Å². The smallest absolute Gasteiger partial charge is 0.304 e. The van der Waals surface area contributed by atoms with E-state index in [4.69, 9.17) is 4.74 Å². The maximum atomic E-state index is 12.8. The van der Waals surface area contributed by atoms with Crippen LogP contribution < -0.4 is 9.62 Å². The van der Waals surface area contributed by atoms with Gasteiger partial charge >= 0.3 is 10.2 Å². The standard InChI is InChI=1S/C22H29N3O4S/c1-24(2)30(27,28)25(20-11-7-4-8-12-20)17-21(26)23-18-22(13-15-29-16-14-22)19-9-5-3-6-10-19/h3-12H,13-18H2,1-2H3,(H,23,26). The van der Waals surface area contributed by atoms with Gasteiger partial charge in [-0.2, -0.15) is 12.7 Å². The fraction of sp³-hybridized carbons (Fsp3) is 0.409. The molecule has 1 aliphatic heterocycles. The van der Waals surface area contributed by atoms with E-state index in [0.717, 1.165) is 27.0 Å². The minimum absolute atomic E-state index is 0.215. The van der Waals surface area contributed by atoms with Crippen molar-refractivity contribution in [2.75, 3.05) is 44.7 Å². The number of benzene rings is 2. The number of hydrogen-bond donors (Lipinski definition) is 1. The van der Waals surface area contributed by atoms with Crippen LogP contribution in [0.2, 0.25) is 0 Å². The zero-order valence-electron chi connectivity index (χ0n) is 17.5. The highest BCUT2D eigenvalue weighted by molar-refractivity contribution is 7.90. The van der Waals surface area contributed by atoms with Crippen LogP contribution in [0.25, 0.3) is 0 Å². The van der Waals surface area contributed by atoms with Crippen molar-refractivity contribution in [3.8, 4) is 0 Å². The van der Waals surface area contributed by atoms with Crippen molar-refractivity contribution in [3.05, 3.63) is 66.2 Å². The lowest BCUT2D eigenvalue weighted by Gasteiger charge is -2.38. The van der Waals surface area contributed by atoms with Crippen LogP contribution >= 0.6 is 0 Å². The largest absolute Gasteiger partial charge is 0.381 e. The fourth-order valence-electron chi connectivity index (χ4n) is 3.67. The van der Waals surface area contributed by atoms with Crippen molar-refractivity contribution >= 4 is 21.8 Å². The van der Waals surface area contributed by atoms with Gasteiger partial charge in [-0.25, -0.2) is 4.31 Å². The molecule has 0 unspecified atom stereocenters. The second kappa shape index (κ2) is 9.59. The van der Waals surface area contributed by atoms with Gasteiger partial charge in [0.25, 0.3) is 0 Å². The number of anilines is 1. The monoisotopic (exact) mass is 431 g/mol. The highest BCUT2D eigenvalue weighted by Gasteiger charge is 2.35. The number of rotatable bonds is 8. The maximum Gasteiger partial charge on any atom is 0.304 e. The topological polar surface area (TPSA) is 79.0 Å². The Bertz CT molecular complexity index is 927. The lowest BCUT2D eigenvalue weighted by Crippen LogP contribution is -2.49. The first-order chi connectivity index (χ1) is 14.3. The molecule has 3 rings (SSSR count). The second-order valence-electron chi connectivity index (χ2n) is 7.67. The Morgan fingerprint density at radius 2 is 1.57 bits per heavy atom. The summed E-state index contributed by atoms with van der Waals surface area (Å²) < 4.78 is 33.4. The molecule has 0 aliphatic carbocycles. The van der Waals surface area contributed by atoms with Gasteiger partial charge in [0.2, 0.25) is 5.91 Å². The summed E-state index contributed by atoms with van der Waals surface area (Å²) in [6.45, 7) is 1.42. The minimum Gasteiger partial charge on any atom is -0.381 e. The summed E-state index contributed by atoms with van der Waals surface area (Å²) in [5.41, 5.74) is 1.40. The number of carbonyl (C=O) groups is 1. The van der Waals surface area contributed by atoms with Crippen LogP contribution in [0, 0.1) is 0 Å². The van der Waals surface area contributed by atoms with E-state index in [0.29, 0.717) is 25.4 Å². The molecular weight excluding hydrogens is 402 g/mol. The highest BCUT2D eigenvalue weighted by atomic mass is 32.2. The van der Waals surface area contributed by atoms with Crippen LogP contribution in [-0.4, -0.2) is 59.0 Å². The number of hydrogen-bond acceptors (Lipinski definition) is 4. The van der Waals surface area contributed by atoms with Gasteiger partial charge in [0, 0.05) is 39.3 Å². The summed E-state index contributed by atoms with van der Waals surface area (Å²) in [4.78, 5) is 12.8. The molecule has 2 aromatic carbocycles. The number of amides is 1. The number of para-hydroxylation sites is 1. The zero-order valence-corrected chi connectivity index (χ0v) is 18.3. The molecule has 0 aromatic heterocycles. The molecular formula is C22H29N3O4S. The van der Waals surface area contributed by atoms with E-state index in [2.05, 4.69) is 17.4 Å². The minimum atomic E-state index is -3.81. The third-order valence-corrected chi connectivity index (χ3v) is 7.35. The van der Waals surface area contributed by atoms with Crippen molar-refractivity contribution in [2.24, 2.45) is 0 Å². The summed E-state index contributed by atoms with van der Waals surface area (Å²) in [7, 11) is -0.904. The van der Waals surface area contributed by atoms with E-state index in [1.54, 1.807) is 30.3 Å². The number of ether oxygens (including phenoxy) is 1. The highest BCUT2D eigenvalue weighted by Crippen LogP contribution is 2.34. The van der Waals surface area contributed by atoms with Gasteiger partial charge in [-0.15, -0.1) is 0 Å². The Morgan fingerprint density at radius 3 is 2.13 bits per heavy atom. The van der Waals surface area contributed by atoms with E-state index >= 15 is 0 Å². The number of nitrogens with one attached hydrogen (secondary N) is 1. The molecule has 0 radical (unpaired) electrons. The Labute approximate surface area is 178 Å². The molecule has 1 N–H and O–H groups in total. The molecule has 1 heterocycles. The molecule has 1 fully saturated rings. The molecule has 0 saturated carbocycles. The van der Waals surface area contributed by atoms with Crippen LogP contribution in [0.3, 0.4) is 0 Å². The molecule has 0 bridgehead atoms. The summed E-state index contributed by atoms with van der Waals surface area (Å²) in [6.07, 6.45) is 1.60. The van der Waals surface area contributed by atoms with Gasteiger partial charge < -0.3 is 10.1 Å². The van der Waals surface area contributed by atoms with Gasteiger partial charge in [0.15, 0.2) is 0 Å². The Hall–Kier alpha value is -2.42. The number of nitrogens with zero attached hydrogens (tertiary/aromatic N) is 2. The predicted molar refractivity (Wildman–Crippen MR) is 118 cm³/mol. The van der Waals surface area contributed by atoms with Crippen molar-refractivity contribution in [2.45, 2.75) is 18.3 Å². The molecule has 162 valence electrons. The van der Waals surface area contributed by atoms with E-state index in [1.165, 1.54) is 14.1 Å². The van der Waals surface area contributed by atoms with Crippen molar-refractivity contribution < 1.29 is 17.9 Å². The quantitative estimate of drug-likeness (QED) is 0.695. The SMILES string of the molecule is CN(C)S(=O)(=O)N(CC(=O)NCC1(c2ccccc2)CCOCC1)c1ccccc1. The van der Waals surface area contributed by atoms with E-state index in [9.17, 15) is 13.2 Å². The molecule has 0 spiro atoms. The molecule has 7 nitrogen and oxygen atoms in total. The van der Waals surface area contributed by atoms with Crippen LogP contribution in [0.15, 0.2) is 60.7 Å². The van der Waals surface area contributed by atoms with Gasteiger partial charge in [0.05, 0.1) is 5.69 Å². The zero-order chi connectivity index (χ0) is 21.6. The lowest BCUT2D eigenvalue weighted by atomic mass is 9.74. The summed E-state index contributed by atoms with van der Waals surface area (Å²) in [5, 5.41) is 2.98. The molecule has 8 heteroatoms. The van der Waals surface area contributed by atoms with Gasteiger partial charge in [-0.3, -0.25) is 4.79 Å². The van der Waals surface area contributed by atoms with Crippen LogP contribution in [0.1, 0.15) is 18.4 Å². The summed E-state index contributed by atoms with van der Waals surface area (Å²) in [5.74, 6) is -0.342. The third-order valence-electron chi connectivity index (χ3n) is 5.53. The van der Waals surface area contributed by atoms with Gasteiger partial charge in [0.1, 0.15) is 6.54 Å². The first kappa shape index (κ1) is 22.3. The van der Waals surface area contributed by atoms with Crippen LogP contribution in [0.5, 0.6) is 0 Å². The molecule has 2 aromatic rings. The molecule has 1 aliphatic rings. The number of carbonyl (C=O) groups excluding carboxylic acids is 1. The van der Waals surface area contributed by atoms with Crippen LogP contribution in [0.4, 0.5) is 5.69 Å². The van der Waals surface area contributed by atoms with Crippen LogP contribution in [-0.2, 0) is 25.2 Å². The molecule has 1 amide bonds. The fourth-order valence-corrected chi connectivity index (χ4v) is 4.74. The van der Waals surface area contributed by atoms with E-state index in [1.807, 2.05) is 18.2 Å². The average molecular weight is 432 g/mol. The summed E-state index contributed by atoms with van der Waals surface area (Å²) >= 11 is 0. The molecule has 1 saturated heterocycles. The molecule has 30 heavy (non-hydrogen) atoms. The maximum absolute atomic E-state index is 12.8. The summed E-state index contributed by atoms with van der Waals surface area (Å²) in [6, 6.07) is 18.8. The van der Waals surface area contributed by atoms with E-state index in [-0.39, 0.29) is 17.9 Å². The normalized spacial score (nSPS) is 16.2. The lowest BCUT2D eigenvalue weighted by molar-refractivity contribution is -0.120. The first-order valence-corrected chi connectivity index (χ1v) is 11.4. The Morgan fingerprint density at radius 1 is 1.00 bits per heavy atom. The van der Waals surface area contributed by atoms with Crippen molar-refractivity contribution in [1.29, 1.82) is 0 Å². The third kappa shape index (κ3) is 5.00. The van der Waals surface area contributed by atoms with Gasteiger partial charge in [-0.05, 0) is 30.5 Å². The first-order valence-electron chi connectivity index (χ1n) is 10.0.